The summed E-state index contributed by atoms with van der Waals surface area (Å²) in [5.74, 6) is 0.326. The fourth-order valence-corrected chi connectivity index (χ4v) is 3.50. The molecule has 2 aromatic rings. The van der Waals surface area contributed by atoms with Gasteiger partial charge in [0.15, 0.2) is 0 Å². The lowest BCUT2D eigenvalue weighted by atomic mass is 9.99. The molecule has 1 heterocycles. The van der Waals surface area contributed by atoms with Gasteiger partial charge in [0.25, 0.3) is 0 Å². The van der Waals surface area contributed by atoms with Crippen LogP contribution in [0.25, 0.3) is 10.1 Å². The molecule has 0 unspecified atom stereocenters. The molecule has 1 aromatic heterocycles. The van der Waals surface area contributed by atoms with Crippen molar-refractivity contribution in [3.05, 3.63) is 34.5 Å². The van der Waals surface area contributed by atoms with Crippen LogP contribution >= 0.6 is 11.3 Å². The minimum Gasteiger partial charge on any atom is -0.312 e. The molecule has 1 aromatic carbocycles. The standard InChI is InChI=1S/C14H18FNS/c1-4-16-8-13-14(9(2)3)11-6-5-10(15)7-12(11)17-13/h5-7,9,16H,4,8H2,1-3H3. The summed E-state index contributed by atoms with van der Waals surface area (Å²) in [6, 6.07) is 5.10. The molecule has 0 aliphatic rings. The Balaban J connectivity index is 2.53. The summed E-state index contributed by atoms with van der Waals surface area (Å²) in [5, 5.41) is 4.56. The Morgan fingerprint density at radius 1 is 1.35 bits per heavy atom. The zero-order chi connectivity index (χ0) is 12.4. The molecule has 0 atom stereocenters. The number of thiophene rings is 1. The van der Waals surface area contributed by atoms with Crippen LogP contribution in [0.4, 0.5) is 4.39 Å². The second-order valence-electron chi connectivity index (χ2n) is 4.51. The lowest BCUT2D eigenvalue weighted by molar-refractivity contribution is 0.630. The number of nitrogens with one attached hydrogen (secondary N) is 1. The third-order valence-electron chi connectivity index (χ3n) is 2.88. The molecule has 0 spiro atoms. The first kappa shape index (κ1) is 12.5. The average molecular weight is 251 g/mol. The predicted octanol–water partition coefficient (Wildman–Crippen LogP) is 4.27. The molecular weight excluding hydrogens is 233 g/mol. The van der Waals surface area contributed by atoms with Crippen molar-refractivity contribution < 1.29 is 4.39 Å². The van der Waals surface area contributed by atoms with E-state index >= 15 is 0 Å². The molecule has 0 fully saturated rings. The van der Waals surface area contributed by atoms with E-state index in [0.29, 0.717) is 5.92 Å². The molecule has 0 bridgehead atoms. The Labute approximate surface area is 106 Å². The largest absolute Gasteiger partial charge is 0.312 e. The maximum absolute atomic E-state index is 13.2. The highest BCUT2D eigenvalue weighted by atomic mass is 32.1. The summed E-state index contributed by atoms with van der Waals surface area (Å²) in [6.07, 6.45) is 0. The van der Waals surface area contributed by atoms with E-state index in [4.69, 9.17) is 0 Å². The van der Waals surface area contributed by atoms with Crippen molar-refractivity contribution in [2.75, 3.05) is 6.54 Å². The van der Waals surface area contributed by atoms with Crippen molar-refractivity contribution in [1.29, 1.82) is 0 Å². The van der Waals surface area contributed by atoms with Gasteiger partial charge in [-0.15, -0.1) is 11.3 Å². The minimum absolute atomic E-state index is 0.149. The topological polar surface area (TPSA) is 12.0 Å². The summed E-state index contributed by atoms with van der Waals surface area (Å²) in [4.78, 5) is 1.34. The zero-order valence-corrected chi connectivity index (χ0v) is 11.3. The molecule has 0 radical (unpaired) electrons. The molecule has 0 amide bonds. The van der Waals surface area contributed by atoms with Crippen LogP contribution in [0.2, 0.25) is 0 Å². The van der Waals surface area contributed by atoms with E-state index in [9.17, 15) is 4.39 Å². The van der Waals surface area contributed by atoms with Crippen LogP contribution in [0.5, 0.6) is 0 Å². The molecule has 0 aliphatic heterocycles. The summed E-state index contributed by atoms with van der Waals surface area (Å²) in [7, 11) is 0. The molecule has 1 nitrogen and oxygen atoms in total. The average Bonchev–Trinajstić information content (AvgIpc) is 2.63. The molecule has 92 valence electrons. The maximum atomic E-state index is 13.2. The van der Waals surface area contributed by atoms with E-state index in [1.165, 1.54) is 15.8 Å². The summed E-state index contributed by atoms with van der Waals surface area (Å²) < 4.78 is 14.3. The molecule has 17 heavy (non-hydrogen) atoms. The van der Waals surface area contributed by atoms with Gasteiger partial charge >= 0.3 is 0 Å². The van der Waals surface area contributed by atoms with Crippen molar-refractivity contribution in [2.24, 2.45) is 0 Å². The molecule has 0 saturated carbocycles. The fourth-order valence-electron chi connectivity index (χ4n) is 2.14. The Morgan fingerprint density at radius 2 is 2.12 bits per heavy atom. The van der Waals surface area contributed by atoms with E-state index in [2.05, 4.69) is 26.1 Å². The number of rotatable bonds is 4. The van der Waals surface area contributed by atoms with Gasteiger partial charge in [-0.25, -0.2) is 4.39 Å². The summed E-state index contributed by atoms with van der Waals surface area (Å²) >= 11 is 1.70. The van der Waals surface area contributed by atoms with Crippen LogP contribution in [0.3, 0.4) is 0 Å². The van der Waals surface area contributed by atoms with Crippen molar-refractivity contribution in [3.63, 3.8) is 0 Å². The van der Waals surface area contributed by atoms with Crippen molar-refractivity contribution >= 4 is 21.4 Å². The number of halogens is 1. The van der Waals surface area contributed by atoms with Crippen LogP contribution in [0.1, 0.15) is 37.1 Å². The van der Waals surface area contributed by atoms with Gasteiger partial charge in [0, 0.05) is 16.1 Å². The lowest BCUT2D eigenvalue weighted by Gasteiger charge is -2.08. The van der Waals surface area contributed by atoms with Gasteiger partial charge in [-0.2, -0.15) is 0 Å². The van der Waals surface area contributed by atoms with E-state index < -0.39 is 0 Å². The van der Waals surface area contributed by atoms with E-state index in [-0.39, 0.29) is 5.82 Å². The molecule has 0 aliphatic carbocycles. The SMILES string of the molecule is CCNCc1sc2cc(F)ccc2c1C(C)C. The third kappa shape index (κ3) is 2.50. The van der Waals surface area contributed by atoms with Crippen LogP contribution < -0.4 is 5.32 Å². The van der Waals surface area contributed by atoms with Crippen molar-refractivity contribution in [1.82, 2.24) is 5.32 Å². The second kappa shape index (κ2) is 5.15. The van der Waals surface area contributed by atoms with E-state index in [0.717, 1.165) is 17.8 Å². The van der Waals surface area contributed by atoms with E-state index in [1.807, 2.05) is 6.07 Å². The molecule has 3 heteroatoms. The van der Waals surface area contributed by atoms with Gasteiger partial charge in [-0.3, -0.25) is 0 Å². The summed E-state index contributed by atoms with van der Waals surface area (Å²) in [5.41, 5.74) is 1.37. The van der Waals surface area contributed by atoms with Gasteiger partial charge in [0.2, 0.25) is 0 Å². The van der Waals surface area contributed by atoms with Gasteiger partial charge in [-0.1, -0.05) is 26.8 Å². The number of hydrogen-bond donors (Lipinski definition) is 1. The Kier molecular flexibility index (Phi) is 3.79. The Morgan fingerprint density at radius 3 is 2.76 bits per heavy atom. The summed E-state index contributed by atoms with van der Waals surface area (Å²) in [6.45, 7) is 8.33. The molecule has 2 rings (SSSR count). The first-order chi connectivity index (χ1) is 8.13. The van der Waals surface area contributed by atoms with Crippen LogP contribution in [0.15, 0.2) is 18.2 Å². The van der Waals surface area contributed by atoms with E-state index in [1.54, 1.807) is 23.5 Å². The van der Waals surface area contributed by atoms with Gasteiger partial charge in [-0.05, 0) is 35.5 Å². The normalized spacial score (nSPS) is 11.6. The fraction of sp³-hybridized carbons (Fsp3) is 0.429. The second-order valence-corrected chi connectivity index (χ2v) is 5.65. The van der Waals surface area contributed by atoms with Crippen LogP contribution in [0, 0.1) is 5.82 Å². The smallest absolute Gasteiger partial charge is 0.124 e. The first-order valence-electron chi connectivity index (χ1n) is 6.05. The maximum Gasteiger partial charge on any atom is 0.124 e. The number of fused-ring (bicyclic) bond motifs is 1. The predicted molar refractivity (Wildman–Crippen MR) is 73.3 cm³/mol. The molecular formula is C14H18FNS. The van der Waals surface area contributed by atoms with Gasteiger partial charge in [0.1, 0.15) is 5.82 Å². The highest BCUT2D eigenvalue weighted by molar-refractivity contribution is 7.19. The third-order valence-corrected chi connectivity index (χ3v) is 4.05. The molecule has 0 saturated heterocycles. The van der Waals surface area contributed by atoms with Gasteiger partial charge in [0.05, 0.1) is 0 Å². The Hall–Kier alpha value is -0.930. The zero-order valence-electron chi connectivity index (χ0n) is 10.5. The van der Waals surface area contributed by atoms with Crippen LogP contribution in [-0.2, 0) is 6.54 Å². The van der Waals surface area contributed by atoms with Crippen molar-refractivity contribution in [3.8, 4) is 0 Å². The molecule has 1 N–H and O–H groups in total. The quantitative estimate of drug-likeness (QED) is 0.855. The van der Waals surface area contributed by atoms with Crippen LogP contribution in [-0.4, -0.2) is 6.54 Å². The lowest BCUT2D eigenvalue weighted by Crippen LogP contribution is -2.12. The minimum atomic E-state index is -0.149. The first-order valence-corrected chi connectivity index (χ1v) is 6.86. The van der Waals surface area contributed by atoms with Gasteiger partial charge < -0.3 is 5.32 Å². The number of hydrogen-bond acceptors (Lipinski definition) is 2. The Bertz CT molecular complexity index is 516. The highest BCUT2D eigenvalue weighted by Crippen LogP contribution is 2.36. The highest BCUT2D eigenvalue weighted by Gasteiger charge is 2.14. The number of benzene rings is 1. The monoisotopic (exact) mass is 251 g/mol. The van der Waals surface area contributed by atoms with Crippen molar-refractivity contribution in [2.45, 2.75) is 33.2 Å².